The normalized spacial score (nSPS) is 13.7. The smallest absolute Gasteiger partial charge is 0.306 e. The molecule has 0 bridgehead atoms. The Morgan fingerprint density at radius 3 is 2.47 bits per heavy atom. The Kier molecular flexibility index (Phi) is 6.52. The lowest BCUT2D eigenvalue weighted by Crippen LogP contribution is -2.24. The van der Waals surface area contributed by atoms with Crippen LogP contribution in [0, 0.1) is 0 Å². The van der Waals surface area contributed by atoms with E-state index >= 15 is 0 Å². The Hall–Kier alpha value is -0.610. The van der Waals surface area contributed by atoms with Gasteiger partial charge >= 0.3 is 5.97 Å². The molecule has 90 valence electrons. The fraction of sp³-hybridized carbons (Fsp3) is 0.909. The molecular weight excluding hydrogens is 194 g/mol. The van der Waals surface area contributed by atoms with Crippen LogP contribution in [0.25, 0.3) is 0 Å². The number of nitrogens with two attached hydrogens (primary N) is 1. The van der Waals surface area contributed by atoms with Gasteiger partial charge < -0.3 is 15.6 Å². The molecule has 0 spiro atoms. The number of carbonyl (C=O) groups is 1. The van der Waals surface area contributed by atoms with Crippen LogP contribution in [0.3, 0.4) is 0 Å². The first-order valence-electron chi connectivity index (χ1n) is 5.45. The van der Waals surface area contributed by atoms with Gasteiger partial charge in [-0.25, -0.2) is 0 Å². The van der Waals surface area contributed by atoms with E-state index in [0.717, 1.165) is 0 Å². The zero-order chi connectivity index (χ0) is 11.9. The molecule has 3 N–H and O–H groups in total. The molecule has 0 aromatic carbocycles. The second kappa shape index (κ2) is 6.80. The number of aliphatic hydroxyl groups is 1. The number of rotatable bonds is 6. The van der Waals surface area contributed by atoms with E-state index in [4.69, 9.17) is 10.5 Å². The van der Waals surface area contributed by atoms with E-state index in [1.807, 2.05) is 20.8 Å². The van der Waals surface area contributed by atoms with Crippen LogP contribution in [0.1, 0.15) is 46.5 Å². The van der Waals surface area contributed by atoms with Crippen molar-refractivity contribution in [1.29, 1.82) is 0 Å². The van der Waals surface area contributed by atoms with Crippen molar-refractivity contribution < 1.29 is 14.6 Å². The number of ether oxygens (including phenoxy) is 1. The molecule has 0 aromatic rings. The quantitative estimate of drug-likeness (QED) is 0.656. The Labute approximate surface area is 91.8 Å². The molecule has 15 heavy (non-hydrogen) atoms. The lowest BCUT2D eigenvalue weighted by molar-refractivity contribution is -0.155. The molecule has 0 aliphatic rings. The van der Waals surface area contributed by atoms with Gasteiger partial charge in [0.15, 0.2) is 0 Å². The molecule has 0 radical (unpaired) electrons. The first kappa shape index (κ1) is 14.4. The molecule has 0 aliphatic carbocycles. The van der Waals surface area contributed by atoms with Gasteiger partial charge in [0.2, 0.25) is 0 Å². The van der Waals surface area contributed by atoms with Crippen LogP contribution in [0.5, 0.6) is 0 Å². The largest absolute Gasteiger partial charge is 0.460 e. The van der Waals surface area contributed by atoms with Gasteiger partial charge in [0.25, 0.3) is 0 Å². The fourth-order valence-corrected chi connectivity index (χ4v) is 1.21. The van der Waals surface area contributed by atoms with E-state index in [2.05, 4.69) is 0 Å². The van der Waals surface area contributed by atoms with Crippen LogP contribution in [0.4, 0.5) is 0 Å². The summed E-state index contributed by atoms with van der Waals surface area (Å²) in [6, 6.07) is 0. The first-order chi connectivity index (χ1) is 6.85. The van der Waals surface area contributed by atoms with E-state index in [1.54, 1.807) is 0 Å². The van der Waals surface area contributed by atoms with Crippen molar-refractivity contribution in [2.45, 2.75) is 58.2 Å². The molecule has 0 unspecified atom stereocenters. The van der Waals surface area contributed by atoms with Crippen LogP contribution in [0.2, 0.25) is 0 Å². The number of hydrogen-bond acceptors (Lipinski definition) is 4. The Morgan fingerprint density at radius 2 is 2.00 bits per heavy atom. The highest BCUT2D eigenvalue weighted by Crippen LogP contribution is 2.11. The van der Waals surface area contributed by atoms with Crippen LogP contribution in [-0.4, -0.2) is 29.3 Å². The predicted molar refractivity (Wildman–Crippen MR) is 59.4 cm³/mol. The zero-order valence-electron chi connectivity index (χ0n) is 9.95. The van der Waals surface area contributed by atoms with Crippen LogP contribution in [0.15, 0.2) is 0 Å². The molecule has 1 atom stereocenters. The minimum atomic E-state index is -0.424. The number of hydrogen-bond donors (Lipinski definition) is 2. The third kappa shape index (κ3) is 9.69. The summed E-state index contributed by atoms with van der Waals surface area (Å²) in [5.74, 6) is -0.206. The Morgan fingerprint density at radius 1 is 1.40 bits per heavy atom. The summed E-state index contributed by atoms with van der Waals surface area (Å²) in [5.41, 5.74) is 4.87. The van der Waals surface area contributed by atoms with Gasteiger partial charge in [-0.05, 0) is 46.6 Å². The Bertz CT molecular complexity index is 187. The summed E-state index contributed by atoms with van der Waals surface area (Å²) in [6.45, 7) is 6.00. The lowest BCUT2D eigenvalue weighted by atomic mass is 10.1. The summed E-state index contributed by atoms with van der Waals surface area (Å²) in [5, 5.41) is 9.36. The van der Waals surface area contributed by atoms with E-state index < -0.39 is 11.7 Å². The van der Waals surface area contributed by atoms with Crippen molar-refractivity contribution in [2.75, 3.05) is 6.54 Å². The second-order valence-corrected chi connectivity index (χ2v) is 4.71. The summed E-state index contributed by atoms with van der Waals surface area (Å²) >= 11 is 0. The molecule has 0 aromatic heterocycles. The highest BCUT2D eigenvalue weighted by molar-refractivity contribution is 5.69. The summed E-state index contributed by atoms with van der Waals surface area (Å²) in [4.78, 5) is 11.3. The maximum atomic E-state index is 11.3. The molecule has 4 heteroatoms. The van der Waals surface area contributed by atoms with Gasteiger partial charge in [-0.15, -0.1) is 0 Å². The minimum Gasteiger partial charge on any atom is -0.460 e. The highest BCUT2D eigenvalue weighted by Gasteiger charge is 2.16. The van der Waals surface area contributed by atoms with Crippen molar-refractivity contribution in [3.8, 4) is 0 Å². The van der Waals surface area contributed by atoms with Crippen LogP contribution in [-0.2, 0) is 9.53 Å². The summed E-state index contributed by atoms with van der Waals surface area (Å²) in [7, 11) is 0. The second-order valence-electron chi connectivity index (χ2n) is 4.71. The van der Waals surface area contributed by atoms with Gasteiger partial charge in [0.1, 0.15) is 5.60 Å². The molecule has 4 nitrogen and oxygen atoms in total. The average Bonchev–Trinajstić information content (AvgIpc) is 2.00. The molecule has 0 heterocycles. The van der Waals surface area contributed by atoms with E-state index in [0.29, 0.717) is 32.2 Å². The number of carbonyl (C=O) groups excluding carboxylic acids is 1. The van der Waals surface area contributed by atoms with Gasteiger partial charge in [0.05, 0.1) is 6.10 Å². The predicted octanol–water partition coefficient (Wildman–Crippen LogP) is 1.21. The molecule has 0 aliphatic heterocycles. The lowest BCUT2D eigenvalue weighted by Gasteiger charge is -2.19. The van der Waals surface area contributed by atoms with Crippen molar-refractivity contribution >= 4 is 5.97 Å². The van der Waals surface area contributed by atoms with Gasteiger partial charge in [0, 0.05) is 6.42 Å². The molecule has 0 saturated heterocycles. The van der Waals surface area contributed by atoms with E-state index in [1.165, 1.54) is 0 Å². The van der Waals surface area contributed by atoms with Crippen molar-refractivity contribution in [1.82, 2.24) is 0 Å². The van der Waals surface area contributed by atoms with Crippen molar-refractivity contribution in [3.63, 3.8) is 0 Å². The molecular formula is C11H23NO3. The number of aliphatic hydroxyl groups excluding tert-OH is 1. The maximum Gasteiger partial charge on any atom is 0.306 e. The number of esters is 1. The first-order valence-corrected chi connectivity index (χ1v) is 5.45. The standard InChI is InChI=1S/C11H23NO3/c1-11(2,3)15-10(14)6-4-5-9(13)7-8-12/h9,13H,4-8,12H2,1-3H3/t9-/m0/s1. The fourth-order valence-electron chi connectivity index (χ4n) is 1.21. The zero-order valence-corrected chi connectivity index (χ0v) is 9.95. The third-order valence-corrected chi connectivity index (χ3v) is 1.84. The van der Waals surface area contributed by atoms with E-state index in [-0.39, 0.29) is 5.97 Å². The summed E-state index contributed by atoms with van der Waals surface area (Å²) < 4.78 is 5.13. The monoisotopic (exact) mass is 217 g/mol. The molecule has 0 amide bonds. The topological polar surface area (TPSA) is 72.5 Å². The minimum absolute atomic E-state index is 0.206. The van der Waals surface area contributed by atoms with Crippen LogP contribution >= 0.6 is 0 Å². The Balaban J connectivity index is 3.55. The SMILES string of the molecule is CC(C)(C)OC(=O)CCC[C@H](O)CCN. The van der Waals surface area contributed by atoms with Crippen LogP contribution < -0.4 is 5.73 Å². The molecule has 0 fully saturated rings. The van der Waals surface area contributed by atoms with Crippen molar-refractivity contribution in [3.05, 3.63) is 0 Å². The molecule has 0 saturated carbocycles. The summed E-state index contributed by atoms with van der Waals surface area (Å²) in [6.07, 6.45) is 1.82. The van der Waals surface area contributed by atoms with E-state index in [9.17, 15) is 9.90 Å². The average molecular weight is 217 g/mol. The van der Waals surface area contributed by atoms with Crippen molar-refractivity contribution in [2.24, 2.45) is 5.73 Å². The van der Waals surface area contributed by atoms with Gasteiger partial charge in [-0.1, -0.05) is 0 Å². The highest BCUT2D eigenvalue weighted by atomic mass is 16.6. The maximum absolute atomic E-state index is 11.3. The molecule has 0 rings (SSSR count). The third-order valence-electron chi connectivity index (χ3n) is 1.84. The van der Waals surface area contributed by atoms with Gasteiger partial charge in [-0.2, -0.15) is 0 Å². The van der Waals surface area contributed by atoms with Gasteiger partial charge in [-0.3, -0.25) is 4.79 Å².